The molecule has 1 spiro atoms. The fraction of sp³-hybridized carbons (Fsp3) is 0.317. The number of pyridine rings is 2. The van der Waals surface area contributed by atoms with Crippen LogP contribution in [0.4, 0.5) is 11.5 Å². The minimum absolute atomic E-state index is 0.0390. The summed E-state index contributed by atoms with van der Waals surface area (Å²) in [7, 11) is 0. The van der Waals surface area contributed by atoms with E-state index >= 15 is 0 Å². The van der Waals surface area contributed by atoms with Crippen LogP contribution in [0.15, 0.2) is 91.2 Å². The molecule has 0 unspecified atom stereocenters. The molecular weight excluding hydrogens is 622 g/mol. The maximum atomic E-state index is 11.1. The number of nitrogens with zero attached hydrogens (tertiary/aromatic N) is 6. The standard InChI is InChI=1S/C37H37N7O2.2C2H6/c1-3-6-26(4-2)31-14-15-32-36(40-31)44(35(41-32)30-7-5-17-39-34(30)38)28-11-8-25(9-12-28)20-42-18-16-37(22-42)23-43(24-37)29-13-10-27(21-45)33(46)19-29;2*1-2/h3-15,17,19,21,46H,16,18,20,22-24H2,1-2H3,(H2,38,39);2*1-2H3/b6-3-,26-4+;;. The van der Waals surface area contributed by atoms with Crippen molar-refractivity contribution in [3.63, 3.8) is 0 Å². The second-order valence-corrected chi connectivity index (χ2v) is 12.3. The minimum Gasteiger partial charge on any atom is -0.507 e. The number of carbonyl (C=O) groups excluding carboxylic acids is 1. The SMILES string of the molecule is C/C=C\C(=C/C)c1ccc2nc(-c3cccnc3N)n(-c3ccc(CN4CCC5(C4)CN(c4ccc(C=O)c(O)c4)C5)cc3)c2n1.CC.CC. The summed E-state index contributed by atoms with van der Waals surface area (Å²) in [4.78, 5) is 30.3. The Hall–Kier alpha value is -5.28. The quantitative estimate of drug-likeness (QED) is 0.125. The van der Waals surface area contributed by atoms with Crippen molar-refractivity contribution < 1.29 is 9.90 Å². The van der Waals surface area contributed by atoms with Gasteiger partial charge in [0.05, 0.1) is 16.8 Å². The van der Waals surface area contributed by atoms with Crippen molar-refractivity contribution in [1.29, 1.82) is 0 Å². The number of imidazole rings is 1. The molecule has 5 heterocycles. The third-order valence-electron chi connectivity index (χ3n) is 9.21. The number of hydrogen-bond donors (Lipinski definition) is 2. The zero-order chi connectivity index (χ0) is 35.8. The maximum Gasteiger partial charge on any atom is 0.165 e. The van der Waals surface area contributed by atoms with Gasteiger partial charge in [0.15, 0.2) is 17.8 Å². The van der Waals surface area contributed by atoms with E-state index in [2.05, 4.69) is 55.8 Å². The van der Waals surface area contributed by atoms with Crippen LogP contribution in [-0.2, 0) is 6.54 Å². The van der Waals surface area contributed by atoms with Gasteiger partial charge in [-0.25, -0.2) is 15.0 Å². The van der Waals surface area contributed by atoms with E-state index in [1.54, 1.807) is 18.3 Å². The van der Waals surface area contributed by atoms with Crippen molar-refractivity contribution >= 4 is 34.5 Å². The molecule has 0 radical (unpaired) electrons. The number of rotatable bonds is 8. The van der Waals surface area contributed by atoms with E-state index in [4.69, 9.17) is 15.7 Å². The lowest BCUT2D eigenvalue weighted by molar-refractivity contribution is 0.112. The minimum atomic E-state index is 0.0390. The van der Waals surface area contributed by atoms with Crippen molar-refractivity contribution in [2.45, 2.75) is 54.5 Å². The fourth-order valence-electron chi connectivity index (χ4n) is 6.86. The lowest BCUT2D eigenvalue weighted by Gasteiger charge is -2.49. The topological polar surface area (TPSA) is 113 Å². The van der Waals surface area contributed by atoms with Gasteiger partial charge in [-0.15, -0.1) is 0 Å². The number of carbonyl (C=O) groups is 1. The van der Waals surface area contributed by atoms with Gasteiger partial charge < -0.3 is 15.7 Å². The lowest BCUT2D eigenvalue weighted by atomic mass is 9.78. The number of hydrogen-bond acceptors (Lipinski definition) is 8. The Labute approximate surface area is 295 Å². The summed E-state index contributed by atoms with van der Waals surface area (Å²) >= 11 is 0. The highest BCUT2D eigenvalue weighted by Crippen LogP contribution is 2.43. The summed E-state index contributed by atoms with van der Waals surface area (Å²) in [5.41, 5.74) is 14.3. The van der Waals surface area contributed by atoms with Crippen LogP contribution in [0.2, 0.25) is 0 Å². The van der Waals surface area contributed by atoms with Crippen LogP contribution in [0.5, 0.6) is 5.75 Å². The summed E-state index contributed by atoms with van der Waals surface area (Å²) < 4.78 is 2.08. The maximum absolute atomic E-state index is 11.1. The summed E-state index contributed by atoms with van der Waals surface area (Å²) in [5, 5.41) is 10.1. The molecule has 2 saturated heterocycles. The smallest absolute Gasteiger partial charge is 0.165 e. The Morgan fingerprint density at radius 1 is 0.940 bits per heavy atom. The second kappa shape index (κ2) is 16.0. The van der Waals surface area contributed by atoms with Gasteiger partial charge in [-0.3, -0.25) is 14.3 Å². The molecule has 2 aromatic carbocycles. The van der Waals surface area contributed by atoms with Crippen LogP contribution in [-0.4, -0.2) is 62.0 Å². The lowest BCUT2D eigenvalue weighted by Crippen LogP contribution is -2.57. The van der Waals surface area contributed by atoms with E-state index in [1.807, 2.05) is 78.0 Å². The van der Waals surface area contributed by atoms with Gasteiger partial charge in [0, 0.05) is 55.2 Å². The molecule has 2 fully saturated rings. The Kier molecular flexibility index (Phi) is 11.5. The molecule has 9 nitrogen and oxygen atoms in total. The predicted octanol–water partition coefficient (Wildman–Crippen LogP) is 8.33. The number of aromatic nitrogens is 4. The second-order valence-electron chi connectivity index (χ2n) is 12.3. The van der Waals surface area contributed by atoms with E-state index in [0.717, 1.165) is 78.5 Å². The van der Waals surface area contributed by atoms with Crippen LogP contribution in [0.3, 0.4) is 0 Å². The molecule has 260 valence electrons. The van der Waals surface area contributed by atoms with Gasteiger partial charge >= 0.3 is 0 Å². The summed E-state index contributed by atoms with van der Waals surface area (Å²) in [5.74, 6) is 1.17. The number of aldehydes is 1. The number of anilines is 2. The Morgan fingerprint density at radius 3 is 2.34 bits per heavy atom. The van der Waals surface area contributed by atoms with Gasteiger partial charge in [-0.05, 0) is 86.5 Å². The number of aromatic hydroxyl groups is 1. The normalized spacial score (nSPS) is 15.4. The van der Waals surface area contributed by atoms with E-state index in [9.17, 15) is 9.90 Å². The average molecular weight is 672 g/mol. The predicted molar refractivity (Wildman–Crippen MR) is 206 cm³/mol. The molecule has 0 atom stereocenters. The highest BCUT2D eigenvalue weighted by molar-refractivity contribution is 5.85. The molecule has 5 aromatic rings. The monoisotopic (exact) mass is 671 g/mol. The number of nitrogen functional groups attached to an aromatic ring is 1. The van der Waals surface area contributed by atoms with Gasteiger partial charge in [-0.1, -0.05) is 58.1 Å². The van der Waals surface area contributed by atoms with E-state index < -0.39 is 0 Å². The fourth-order valence-corrected chi connectivity index (χ4v) is 6.86. The van der Waals surface area contributed by atoms with E-state index in [0.29, 0.717) is 23.5 Å². The first-order valence-electron chi connectivity index (χ1n) is 17.6. The third-order valence-corrected chi connectivity index (χ3v) is 9.21. The van der Waals surface area contributed by atoms with Crippen LogP contribution >= 0.6 is 0 Å². The van der Waals surface area contributed by atoms with Gasteiger partial charge in [-0.2, -0.15) is 0 Å². The molecule has 2 aliphatic rings. The molecule has 0 amide bonds. The van der Waals surface area contributed by atoms with E-state index in [1.165, 1.54) is 5.56 Å². The first-order chi connectivity index (χ1) is 24.4. The molecule has 7 rings (SSSR count). The summed E-state index contributed by atoms with van der Waals surface area (Å²) in [6.45, 7) is 16.9. The van der Waals surface area contributed by atoms with Crippen molar-refractivity contribution in [3.05, 3.63) is 108 Å². The molecular formula is C41H49N7O2. The zero-order valence-electron chi connectivity index (χ0n) is 30.1. The highest BCUT2D eigenvalue weighted by atomic mass is 16.3. The first kappa shape index (κ1) is 36.0. The molecule has 0 aliphatic carbocycles. The molecule has 9 heteroatoms. The number of benzene rings is 2. The van der Waals surface area contributed by atoms with Crippen LogP contribution < -0.4 is 10.6 Å². The summed E-state index contributed by atoms with van der Waals surface area (Å²) in [6, 6.07) is 21.8. The number of phenolic OH excluding ortho intramolecular Hbond substituents is 1. The molecule has 3 N–H and O–H groups in total. The van der Waals surface area contributed by atoms with E-state index in [-0.39, 0.29) is 11.2 Å². The largest absolute Gasteiger partial charge is 0.507 e. The number of allylic oxidation sites excluding steroid dienone is 4. The molecule has 2 aliphatic heterocycles. The molecule has 0 saturated carbocycles. The van der Waals surface area contributed by atoms with Crippen LogP contribution in [0, 0.1) is 5.41 Å². The first-order valence-corrected chi connectivity index (χ1v) is 17.6. The average Bonchev–Trinajstić information content (AvgIpc) is 3.74. The summed E-state index contributed by atoms with van der Waals surface area (Å²) in [6.07, 6.45) is 9.65. The van der Waals surface area contributed by atoms with Gasteiger partial charge in [0.2, 0.25) is 0 Å². The Bertz CT molecular complexity index is 1990. The zero-order valence-corrected chi connectivity index (χ0v) is 30.1. The van der Waals surface area contributed by atoms with Crippen LogP contribution in [0.1, 0.15) is 69.6 Å². The van der Waals surface area contributed by atoms with Crippen molar-refractivity contribution in [1.82, 2.24) is 24.4 Å². The number of fused-ring (bicyclic) bond motifs is 1. The van der Waals surface area contributed by atoms with Crippen molar-refractivity contribution in [2.75, 3.05) is 36.8 Å². The van der Waals surface area contributed by atoms with Crippen molar-refractivity contribution in [3.8, 4) is 22.8 Å². The number of likely N-dealkylation sites (tertiary alicyclic amines) is 1. The van der Waals surface area contributed by atoms with Gasteiger partial charge in [0.25, 0.3) is 0 Å². The number of phenols is 1. The molecule has 0 bridgehead atoms. The number of nitrogens with two attached hydrogens (primary N) is 1. The Balaban J connectivity index is 0.00000117. The third kappa shape index (κ3) is 7.19. The molecule has 3 aromatic heterocycles. The molecule has 50 heavy (non-hydrogen) atoms. The van der Waals surface area contributed by atoms with Crippen molar-refractivity contribution in [2.24, 2.45) is 5.41 Å². The highest BCUT2D eigenvalue weighted by Gasteiger charge is 2.47. The Morgan fingerprint density at radius 2 is 1.68 bits per heavy atom. The van der Waals surface area contributed by atoms with Gasteiger partial charge in [0.1, 0.15) is 17.1 Å². The van der Waals surface area contributed by atoms with Crippen LogP contribution in [0.25, 0.3) is 33.8 Å².